The van der Waals surface area contributed by atoms with Gasteiger partial charge in [0.15, 0.2) is 0 Å². The van der Waals surface area contributed by atoms with Crippen LogP contribution in [0.3, 0.4) is 0 Å². The normalized spacial score (nSPS) is 18.1. The Morgan fingerprint density at radius 2 is 2.08 bits per heavy atom. The van der Waals surface area contributed by atoms with Crippen molar-refractivity contribution in [2.24, 2.45) is 0 Å². The van der Waals surface area contributed by atoms with Crippen LogP contribution in [-0.2, 0) is 19.6 Å². The second-order valence-electron chi connectivity index (χ2n) is 5.83. The van der Waals surface area contributed by atoms with Crippen molar-refractivity contribution in [3.63, 3.8) is 0 Å². The average Bonchev–Trinajstić information content (AvgIpc) is 3.13. The Morgan fingerprint density at radius 1 is 1.35 bits per heavy atom. The minimum absolute atomic E-state index is 0.111. The number of nitrogens with zero attached hydrogens (tertiary/aromatic N) is 5. The van der Waals surface area contributed by atoms with Gasteiger partial charge in [-0.3, -0.25) is 9.74 Å². The van der Waals surface area contributed by atoms with E-state index in [0.29, 0.717) is 13.2 Å². The van der Waals surface area contributed by atoms with Gasteiger partial charge in [0.1, 0.15) is 0 Å². The topological polar surface area (TPSA) is 105 Å². The average molecular weight is 408 g/mol. The van der Waals surface area contributed by atoms with E-state index in [9.17, 15) is 13.2 Å². The summed E-state index contributed by atoms with van der Waals surface area (Å²) in [5, 5.41) is 8.89. The first-order valence-corrected chi connectivity index (χ1v) is 10.6. The first-order chi connectivity index (χ1) is 12.3. The molecule has 0 spiro atoms. The molecule has 2 rings (SSSR count). The van der Waals surface area contributed by atoms with E-state index < -0.39 is 16.1 Å². The number of anilines is 1. The van der Waals surface area contributed by atoms with E-state index in [-0.39, 0.29) is 22.1 Å². The number of hydroxylamine groups is 2. The van der Waals surface area contributed by atoms with E-state index in [0.717, 1.165) is 35.7 Å². The molecule has 1 atom stereocenters. The van der Waals surface area contributed by atoms with Crippen molar-refractivity contribution in [3.05, 3.63) is 0 Å². The van der Waals surface area contributed by atoms with Gasteiger partial charge in [0.2, 0.25) is 9.47 Å². The molecule has 148 valence electrons. The Morgan fingerprint density at radius 3 is 2.65 bits per heavy atom. The SMILES string of the molecule is CCN(C(=O)N(C)OC)c1nnc(S(=O)(=O)N(C)CC2CCCCO2)s1. The van der Waals surface area contributed by atoms with Gasteiger partial charge in [-0.05, 0) is 26.2 Å². The van der Waals surface area contributed by atoms with Crippen LogP contribution in [0.15, 0.2) is 4.34 Å². The number of likely N-dealkylation sites (N-methyl/N-ethyl adjacent to an activating group) is 1. The molecule has 0 bridgehead atoms. The molecule has 1 saturated heterocycles. The van der Waals surface area contributed by atoms with Crippen LogP contribution < -0.4 is 4.90 Å². The minimum Gasteiger partial charge on any atom is -0.377 e. The van der Waals surface area contributed by atoms with Crippen LogP contribution in [0.25, 0.3) is 0 Å². The second kappa shape index (κ2) is 9.04. The van der Waals surface area contributed by atoms with Crippen LogP contribution in [0.4, 0.5) is 9.93 Å². The van der Waals surface area contributed by atoms with Gasteiger partial charge in [-0.2, -0.15) is 4.31 Å². The lowest BCUT2D eigenvalue weighted by Crippen LogP contribution is -2.40. The van der Waals surface area contributed by atoms with Gasteiger partial charge in [0.05, 0.1) is 13.2 Å². The number of hydrogen-bond donors (Lipinski definition) is 0. The lowest BCUT2D eigenvalue weighted by molar-refractivity contribution is -0.0621. The predicted molar refractivity (Wildman–Crippen MR) is 96.5 cm³/mol. The van der Waals surface area contributed by atoms with Crippen LogP contribution in [0.1, 0.15) is 26.2 Å². The molecule has 0 radical (unpaired) electrons. The van der Waals surface area contributed by atoms with Crippen molar-refractivity contribution in [2.75, 3.05) is 45.8 Å². The molecule has 1 fully saturated rings. The summed E-state index contributed by atoms with van der Waals surface area (Å²) in [7, 11) is 0.526. The quantitative estimate of drug-likeness (QED) is 0.493. The number of rotatable bonds is 7. The summed E-state index contributed by atoms with van der Waals surface area (Å²) in [6, 6.07) is -0.459. The number of urea groups is 1. The van der Waals surface area contributed by atoms with Crippen molar-refractivity contribution in [3.8, 4) is 0 Å². The molecule has 2 amide bonds. The number of ether oxygens (including phenoxy) is 1. The van der Waals surface area contributed by atoms with Gasteiger partial charge in [-0.1, -0.05) is 11.3 Å². The van der Waals surface area contributed by atoms with Crippen molar-refractivity contribution >= 4 is 32.5 Å². The molecule has 1 unspecified atom stereocenters. The van der Waals surface area contributed by atoms with E-state index in [4.69, 9.17) is 9.57 Å². The van der Waals surface area contributed by atoms with Crippen molar-refractivity contribution in [2.45, 2.75) is 36.6 Å². The third-order valence-electron chi connectivity index (χ3n) is 4.08. The highest BCUT2D eigenvalue weighted by Gasteiger charge is 2.31. The van der Waals surface area contributed by atoms with Gasteiger partial charge >= 0.3 is 6.03 Å². The summed E-state index contributed by atoms with van der Waals surface area (Å²) in [6.45, 7) is 2.97. The zero-order chi connectivity index (χ0) is 19.3. The van der Waals surface area contributed by atoms with Gasteiger partial charge < -0.3 is 4.74 Å². The molecule has 0 N–H and O–H groups in total. The zero-order valence-electron chi connectivity index (χ0n) is 15.4. The molecular formula is C14H25N5O5S2. The standard InChI is InChI=1S/C14H25N5O5S2/c1-5-19(14(20)18(3)23-4)12-15-16-13(25-12)26(21,22)17(2)10-11-8-6-7-9-24-11/h11H,5-10H2,1-4H3. The van der Waals surface area contributed by atoms with Crippen LogP contribution >= 0.6 is 11.3 Å². The predicted octanol–water partition coefficient (Wildman–Crippen LogP) is 1.17. The highest BCUT2D eigenvalue weighted by atomic mass is 32.2. The van der Waals surface area contributed by atoms with Crippen LogP contribution in [0, 0.1) is 0 Å². The molecule has 2 heterocycles. The van der Waals surface area contributed by atoms with Gasteiger partial charge in [0, 0.05) is 33.8 Å². The number of sulfonamides is 1. The lowest BCUT2D eigenvalue weighted by atomic mass is 10.1. The Hall–Kier alpha value is -1.34. The first kappa shape index (κ1) is 21.0. The summed E-state index contributed by atoms with van der Waals surface area (Å²) in [6.07, 6.45) is 2.76. The van der Waals surface area contributed by atoms with Crippen LogP contribution in [-0.4, -0.2) is 81.0 Å². The van der Waals surface area contributed by atoms with Crippen LogP contribution in [0.2, 0.25) is 0 Å². The van der Waals surface area contributed by atoms with Gasteiger partial charge in [-0.15, -0.1) is 10.2 Å². The van der Waals surface area contributed by atoms with Crippen molar-refractivity contribution in [1.29, 1.82) is 0 Å². The fourth-order valence-corrected chi connectivity index (χ4v) is 4.92. The molecule has 0 aliphatic carbocycles. The van der Waals surface area contributed by atoms with Crippen molar-refractivity contribution < 1.29 is 22.8 Å². The van der Waals surface area contributed by atoms with E-state index in [2.05, 4.69) is 10.2 Å². The molecule has 1 aliphatic rings. The molecule has 1 aromatic rings. The number of hydrogen-bond acceptors (Lipinski definition) is 8. The lowest BCUT2D eigenvalue weighted by Gasteiger charge is -2.26. The van der Waals surface area contributed by atoms with Crippen LogP contribution in [0.5, 0.6) is 0 Å². The Kier molecular flexibility index (Phi) is 7.29. The Balaban J connectivity index is 2.14. The maximum absolute atomic E-state index is 12.7. The Labute approximate surface area is 157 Å². The third kappa shape index (κ3) is 4.68. The monoisotopic (exact) mass is 407 g/mol. The molecular weight excluding hydrogens is 382 g/mol. The van der Waals surface area contributed by atoms with Gasteiger partial charge in [0.25, 0.3) is 10.0 Å². The maximum Gasteiger partial charge on any atom is 0.349 e. The third-order valence-corrected chi connectivity index (χ3v) is 7.20. The largest absolute Gasteiger partial charge is 0.377 e. The summed E-state index contributed by atoms with van der Waals surface area (Å²) in [5.41, 5.74) is 0. The fraction of sp³-hybridized carbons (Fsp3) is 0.786. The molecule has 12 heteroatoms. The molecule has 1 aliphatic heterocycles. The van der Waals surface area contributed by atoms with E-state index in [1.807, 2.05) is 0 Å². The summed E-state index contributed by atoms with van der Waals surface area (Å²) < 4.78 is 32.1. The molecule has 0 aromatic carbocycles. The second-order valence-corrected chi connectivity index (χ2v) is 9.01. The molecule has 26 heavy (non-hydrogen) atoms. The van der Waals surface area contributed by atoms with Gasteiger partial charge in [-0.25, -0.2) is 18.3 Å². The van der Waals surface area contributed by atoms with E-state index in [1.165, 1.54) is 30.4 Å². The maximum atomic E-state index is 12.7. The van der Waals surface area contributed by atoms with E-state index >= 15 is 0 Å². The highest BCUT2D eigenvalue weighted by molar-refractivity contribution is 7.91. The smallest absolute Gasteiger partial charge is 0.349 e. The molecule has 10 nitrogen and oxygen atoms in total. The summed E-state index contributed by atoms with van der Waals surface area (Å²) in [5.74, 6) is 0. The molecule has 1 aromatic heterocycles. The Bertz CT molecular complexity index is 704. The highest BCUT2D eigenvalue weighted by Crippen LogP contribution is 2.27. The number of carbonyl (C=O) groups excluding carboxylic acids is 1. The number of aromatic nitrogens is 2. The van der Waals surface area contributed by atoms with Crippen molar-refractivity contribution in [1.82, 2.24) is 19.6 Å². The number of amides is 2. The zero-order valence-corrected chi connectivity index (χ0v) is 17.0. The van der Waals surface area contributed by atoms with E-state index in [1.54, 1.807) is 6.92 Å². The summed E-state index contributed by atoms with van der Waals surface area (Å²) in [4.78, 5) is 18.4. The fourth-order valence-electron chi connectivity index (χ4n) is 2.49. The molecule has 0 saturated carbocycles. The minimum atomic E-state index is -3.80. The number of carbonyl (C=O) groups is 1. The first-order valence-electron chi connectivity index (χ1n) is 8.32. The summed E-state index contributed by atoms with van der Waals surface area (Å²) >= 11 is 0.849.